The van der Waals surface area contributed by atoms with E-state index in [0.717, 1.165) is 12.5 Å². The Bertz CT molecular complexity index is 93.6. The van der Waals surface area contributed by atoms with E-state index >= 15 is 0 Å². The summed E-state index contributed by atoms with van der Waals surface area (Å²) in [6, 6.07) is 0. The second-order valence-corrected chi connectivity index (χ2v) is 3.23. The molecule has 0 radical (unpaired) electrons. The maximum Gasteiger partial charge on any atom is 0.0502 e. The summed E-state index contributed by atoms with van der Waals surface area (Å²) in [5, 5.41) is 0. The van der Waals surface area contributed by atoms with Gasteiger partial charge in [0, 0.05) is 13.7 Å². The topological polar surface area (TPSA) is 12.5 Å². The van der Waals surface area contributed by atoms with Crippen LogP contribution in [-0.4, -0.2) is 38.8 Å². The van der Waals surface area contributed by atoms with Gasteiger partial charge in [0.15, 0.2) is 0 Å². The highest BCUT2D eigenvalue weighted by molar-refractivity contribution is 4.69. The molecule has 1 aliphatic heterocycles. The number of nitrogens with zero attached hydrogens (tertiary/aromatic N) is 1. The predicted molar refractivity (Wildman–Crippen MR) is 48.8 cm³/mol. The number of likely N-dealkylation sites (tertiary alicyclic amines) is 1. The first-order valence-electron chi connectivity index (χ1n) is 4.00. The third kappa shape index (κ3) is 3.73. The second kappa shape index (κ2) is 5.56. The van der Waals surface area contributed by atoms with E-state index < -0.39 is 0 Å². The van der Waals surface area contributed by atoms with Crippen LogP contribution in [0.2, 0.25) is 0 Å². The summed E-state index contributed by atoms with van der Waals surface area (Å²) >= 11 is 0. The molecule has 0 spiro atoms. The van der Waals surface area contributed by atoms with Gasteiger partial charge in [-0.2, -0.15) is 0 Å². The van der Waals surface area contributed by atoms with Gasteiger partial charge in [0.1, 0.15) is 0 Å². The maximum absolute atomic E-state index is 5.10. The summed E-state index contributed by atoms with van der Waals surface area (Å²) in [7, 11) is 3.97. The van der Waals surface area contributed by atoms with E-state index in [1.807, 2.05) is 0 Å². The van der Waals surface area contributed by atoms with E-state index in [2.05, 4.69) is 11.9 Å². The first kappa shape index (κ1) is 10.9. The molecule has 0 saturated carbocycles. The molecule has 0 N–H and O–H groups in total. The summed E-state index contributed by atoms with van der Waals surface area (Å²) in [4.78, 5) is 2.38. The Labute approximate surface area is 70.5 Å². The number of piperidine rings is 1. The number of methoxy groups -OCH3 is 1. The molecule has 2 heteroatoms. The molecule has 68 valence electrons. The Morgan fingerprint density at radius 3 is 2.82 bits per heavy atom. The van der Waals surface area contributed by atoms with Crippen molar-refractivity contribution in [2.45, 2.75) is 20.3 Å². The Morgan fingerprint density at radius 1 is 1.55 bits per heavy atom. The first-order chi connectivity index (χ1) is 4.83. The van der Waals surface area contributed by atoms with Crippen molar-refractivity contribution >= 4 is 0 Å². The summed E-state index contributed by atoms with van der Waals surface area (Å²) in [6.45, 7) is 3.42. The van der Waals surface area contributed by atoms with Crippen molar-refractivity contribution in [3.63, 3.8) is 0 Å². The van der Waals surface area contributed by atoms with Crippen LogP contribution in [0.4, 0.5) is 0 Å². The van der Waals surface area contributed by atoms with Crippen LogP contribution in [0.25, 0.3) is 0 Å². The fourth-order valence-corrected chi connectivity index (χ4v) is 1.64. The van der Waals surface area contributed by atoms with Gasteiger partial charge in [-0.25, -0.2) is 0 Å². The third-order valence-electron chi connectivity index (χ3n) is 2.12. The Morgan fingerprint density at radius 2 is 2.27 bits per heavy atom. The quantitative estimate of drug-likeness (QED) is 0.607. The lowest BCUT2D eigenvalue weighted by molar-refractivity contribution is 0.102. The van der Waals surface area contributed by atoms with E-state index in [1.54, 1.807) is 7.11 Å². The zero-order chi connectivity index (χ0) is 7.40. The van der Waals surface area contributed by atoms with Gasteiger partial charge in [0.25, 0.3) is 0 Å². The van der Waals surface area contributed by atoms with E-state index in [-0.39, 0.29) is 7.43 Å². The molecule has 1 aliphatic rings. The normalized spacial score (nSPS) is 26.2. The number of ether oxygens (including phenoxy) is 1. The Kier molecular flexibility index (Phi) is 5.51. The van der Waals surface area contributed by atoms with Crippen LogP contribution in [0.1, 0.15) is 20.3 Å². The van der Waals surface area contributed by atoms with Crippen molar-refractivity contribution in [1.29, 1.82) is 0 Å². The van der Waals surface area contributed by atoms with Crippen molar-refractivity contribution in [2.75, 3.05) is 33.9 Å². The predicted octanol–water partition coefficient (Wildman–Crippen LogP) is 1.61. The highest BCUT2D eigenvalue weighted by Crippen LogP contribution is 2.14. The summed E-state index contributed by atoms with van der Waals surface area (Å²) in [5.74, 6) is 0.781. The average Bonchev–Trinajstić information content (AvgIpc) is 1.88. The average molecular weight is 159 g/mol. The largest absolute Gasteiger partial charge is 0.384 e. The first-order valence-corrected chi connectivity index (χ1v) is 4.00. The van der Waals surface area contributed by atoms with Crippen LogP contribution in [0.5, 0.6) is 0 Å². The van der Waals surface area contributed by atoms with Crippen molar-refractivity contribution in [3.8, 4) is 0 Å². The van der Waals surface area contributed by atoms with Gasteiger partial charge in [-0.1, -0.05) is 7.43 Å². The third-order valence-corrected chi connectivity index (χ3v) is 2.12. The lowest BCUT2D eigenvalue weighted by atomic mass is 10.00. The van der Waals surface area contributed by atoms with E-state index in [1.165, 1.54) is 25.9 Å². The van der Waals surface area contributed by atoms with Crippen LogP contribution in [-0.2, 0) is 4.74 Å². The standard InChI is InChI=1S/C8H17NO.CH4/c1-9-5-3-4-8(6-9)7-10-2;/h8H,3-7H2,1-2H3;1H4. The van der Waals surface area contributed by atoms with Gasteiger partial charge in [0.2, 0.25) is 0 Å². The second-order valence-electron chi connectivity index (χ2n) is 3.23. The van der Waals surface area contributed by atoms with E-state index in [0.29, 0.717) is 0 Å². The molecule has 1 fully saturated rings. The van der Waals surface area contributed by atoms with Crippen LogP contribution in [0.3, 0.4) is 0 Å². The smallest absolute Gasteiger partial charge is 0.0502 e. The fourth-order valence-electron chi connectivity index (χ4n) is 1.64. The molecule has 2 nitrogen and oxygen atoms in total. The minimum absolute atomic E-state index is 0. The molecule has 1 atom stereocenters. The molecule has 1 rings (SSSR count). The SMILES string of the molecule is C.COCC1CCCN(C)C1. The maximum atomic E-state index is 5.10. The van der Waals surface area contributed by atoms with Crippen LogP contribution < -0.4 is 0 Å². The van der Waals surface area contributed by atoms with Gasteiger partial charge < -0.3 is 9.64 Å². The molecule has 0 aromatic carbocycles. The molecular weight excluding hydrogens is 138 g/mol. The van der Waals surface area contributed by atoms with Crippen LogP contribution in [0.15, 0.2) is 0 Å². The van der Waals surface area contributed by atoms with Gasteiger partial charge in [-0.3, -0.25) is 0 Å². The molecule has 0 aromatic rings. The summed E-state index contributed by atoms with van der Waals surface area (Å²) < 4.78 is 5.10. The molecule has 0 aromatic heterocycles. The number of rotatable bonds is 2. The van der Waals surface area contributed by atoms with Crippen molar-refractivity contribution < 1.29 is 4.74 Å². The highest BCUT2D eigenvalue weighted by Gasteiger charge is 2.15. The van der Waals surface area contributed by atoms with Gasteiger partial charge in [-0.15, -0.1) is 0 Å². The highest BCUT2D eigenvalue weighted by atomic mass is 16.5. The molecular formula is C9H21NO. The van der Waals surface area contributed by atoms with E-state index in [4.69, 9.17) is 4.74 Å². The van der Waals surface area contributed by atoms with E-state index in [9.17, 15) is 0 Å². The lowest BCUT2D eigenvalue weighted by Gasteiger charge is -2.28. The molecule has 1 unspecified atom stereocenters. The monoisotopic (exact) mass is 159 g/mol. The molecule has 11 heavy (non-hydrogen) atoms. The van der Waals surface area contributed by atoms with Gasteiger partial charge in [-0.05, 0) is 32.4 Å². The summed E-state index contributed by atoms with van der Waals surface area (Å²) in [5.41, 5.74) is 0. The zero-order valence-electron chi connectivity index (χ0n) is 6.97. The molecule has 1 saturated heterocycles. The molecule has 0 aliphatic carbocycles. The lowest BCUT2D eigenvalue weighted by Crippen LogP contribution is -2.33. The number of hydrogen-bond acceptors (Lipinski definition) is 2. The molecule has 0 bridgehead atoms. The fraction of sp³-hybridized carbons (Fsp3) is 1.00. The van der Waals surface area contributed by atoms with Crippen LogP contribution >= 0.6 is 0 Å². The Balaban J connectivity index is 0.000001000. The van der Waals surface area contributed by atoms with Crippen molar-refractivity contribution in [2.24, 2.45) is 5.92 Å². The van der Waals surface area contributed by atoms with Crippen molar-refractivity contribution in [1.82, 2.24) is 4.90 Å². The van der Waals surface area contributed by atoms with Crippen molar-refractivity contribution in [3.05, 3.63) is 0 Å². The van der Waals surface area contributed by atoms with Gasteiger partial charge >= 0.3 is 0 Å². The molecule has 1 heterocycles. The van der Waals surface area contributed by atoms with Gasteiger partial charge in [0.05, 0.1) is 6.61 Å². The zero-order valence-corrected chi connectivity index (χ0v) is 6.97. The minimum atomic E-state index is 0. The Hall–Kier alpha value is -0.0800. The minimum Gasteiger partial charge on any atom is -0.384 e. The molecule has 0 amide bonds. The number of hydrogen-bond donors (Lipinski definition) is 0. The summed E-state index contributed by atoms with van der Waals surface area (Å²) in [6.07, 6.45) is 2.68. The van der Waals surface area contributed by atoms with Crippen LogP contribution in [0, 0.1) is 5.92 Å².